The maximum Gasteiger partial charge on any atom is 0.226 e. The lowest BCUT2D eigenvalue weighted by Gasteiger charge is -1.99. The molecule has 0 spiro atoms. The topological polar surface area (TPSA) is 26.3 Å². The molecule has 0 saturated heterocycles. The highest BCUT2D eigenvalue weighted by Crippen LogP contribution is 2.06. The third-order valence-electron chi connectivity index (χ3n) is 1.80. The first-order valence-corrected chi connectivity index (χ1v) is 4.88. The van der Waals surface area contributed by atoms with Crippen molar-refractivity contribution in [2.75, 3.05) is 13.2 Å². The maximum absolute atomic E-state index is 9.82. The smallest absolute Gasteiger partial charge is 0.226 e. The first kappa shape index (κ1) is 13.1. The van der Waals surface area contributed by atoms with E-state index in [2.05, 4.69) is 26.8 Å². The molecule has 14 heavy (non-hydrogen) atoms. The highest BCUT2D eigenvalue weighted by Gasteiger charge is 1.89. The van der Waals surface area contributed by atoms with E-state index in [-0.39, 0.29) is 6.61 Å². The van der Waals surface area contributed by atoms with E-state index in [1.54, 1.807) is 6.29 Å². The molecule has 0 saturated carbocycles. The second-order valence-electron chi connectivity index (χ2n) is 3.53. The molecule has 0 atom stereocenters. The minimum Gasteiger partial charge on any atom is -0.369 e. The molecule has 0 N–H and O–H groups in total. The lowest BCUT2D eigenvalue weighted by molar-refractivity contribution is 0.200. The van der Waals surface area contributed by atoms with Crippen molar-refractivity contribution in [3.05, 3.63) is 23.3 Å². The van der Waals surface area contributed by atoms with E-state index in [1.165, 1.54) is 11.1 Å². The first-order chi connectivity index (χ1) is 6.66. The number of hydrogen-bond acceptors (Lipinski definition) is 2. The third-order valence-corrected chi connectivity index (χ3v) is 1.80. The van der Waals surface area contributed by atoms with Gasteiger partial charge in [-0.25, -0.2) is 0 Å². The molecule has 0 aromatic carbocycles. The van der Waals surface area contributed by atoms with E-state index in [4.69, 9.17) is 4.74 Å². The number of hydrogen-bond donors (Lipinski definition) is 0. The second kappa shape index (κ2) is 8.70. The van der Waals surface area contributed by atoms with Gasteiger partial charge in [-0.05, 0) is 33.6 Å². The van der Waals surface area contributed by atoms with Crippen LogP contribution in [0.3, 0.4) is 0 Å². The van der Waals surface area contributed by atoms with Crippen LogP contribution in [0.1, 0.15) is 33.6 Å². The van der Waals surface area contributed by atoms with Crippen molar-refractivity contribution in [1.29, 1.82) is 0 Å². The Balaban J connectivity index is 3.56. The van der Waals surface area contributed by atoms with Gasteiger partial charge in [-0.2, -0.15) is 0 Å². The molecule has 0 aromatic heterocycles. The highest BCUT2D eigenvalue weighted by atomic mass is 16.5. The van der Waals surface area contributed by atoms with Crippen molar-refractivity contribution in [2.45, 2.75) is 33.6 Å². The summed E-state index contributed by atoms with van der Waals surface area (Å²) < 4.78 is 4.97. The summed E-state index contributed by atoms with van der Waals surface area (Å²) in [4.78, 5) is 9.82. The quantitative estimate of drug-likeness (QED) is 0.461. The fourth-order valence-corrected chi connectivity index (χ4v) is 0.992. The molecule has 0 heterocycles. The van der Waals surface area contributed by atoms with E-state index in [0.29, 0.717) is 6.61 Å². The van der Waals surface area contributed by atoms with Gasteiger partial charge in [0.25, 0.3) is 0 Å². The van der Waals surface area contributed by atoms with Crippen molar-refractivity contribution in [3.8, 4) is 0 Å². The van der Waals surface area contributed by atoms with Crippen LogP contribution < -0.4 is 0 Å². The van der Waals surface area contributed by atoms with Gasteiger partial charge in [0.05, 0.1) is 6.61 Å². The Labute approximate surface area is 86.6 Å². The number of rotatable bonds is 7. The summed E-state index contributed by atoms with van der Waals surface area (Å²) in [5.41, 5.74) is 2.65. The zero-order valence-corrected chi connectivity index (χ0v) is 9.30. The van der Waals surface area contributed by atoms with Gasteiger partial charge in [0.1, 0.15) is 6.61 Å². The van der Waals surface area contributed by atoms with Gasteiger partial charge >= 0.3 is 0 Å². The molecule has 0 unspecified atom stereocenters. The third kappa shape index (κ3) is 9.20. The molecule has 0 aliphatic rings. The van der Waals surface area contributed by atoms with E-state index in [9.17, 15) is 4.79 Å². The highest BCUT2D eigenvalue weighted by molar-refractivity contribution is 5.51. The zero-order chi connectivity index (χ0) is 10.8. The minimum atomic E-state index is 0.0672. The average Bonchev–Trinajstić information content (AvgIpc) is 2.12. The summed E-state index contributed by atoms with van der Waals surface area (Å²) in [7, 11) is 0. The Morgan fingerprint density at radius 1 is 1.29 bits per heavy atom. The van der Waals surface area contributed by atoms with Crippen LogP contribution >= 0.6 is 0 Å². The predicted molar refractivity (Wildman–Crippen MR) is 58.9 cm³/mol. The van der Waals surface area contributed by atoms with Gasteiger partial charge in [-0.1, -0.05) is 23.3 Å². The van der Waals surface area contributed by atoms with E-state index < -0.39 is 0 Å². The molecule has 0 amide bonds. The Hall–Kier alpha value is -0.890. The molecule has 1 radical (unpaired) electrons. The van der Waals surface area contributed by atoms with Gasteiger partial charge in [0, 0.05) is 0 Å². The second-order valence-corrected chi connectivity index (χ2v) is 3.53. The van der Waals surface area contributed by atoms with E-state index in [0.717, 1.165) is 12.8 Å². The lowest BCUT2D eigenvalue weighted by Crippen LogP contribution is -1.95. The average molecular weight is 195 g/mol. The largest absolute Gasteiger partial charge is 0.369 e. The molecule has 0 aliphatic heterocycles. The molecule has 0 aliphatic carbocycles. The van der Waals surface area contributed by atoms with Crippen LogP contribution in [0.15, 0.2) is 23.3 Å². The first-order valence-electron chi connectivity index (χ1n) is 4.88. The van der Waals surface area contributed by atoms with Crippen LogP contribution in [-0.4, -0.2) is 19.5 Å². The summed E-state index contributed by atoms with van der Waals surface area (Å²) in [6.07, 6.45) is 8.05. The summed E-state index contributed by atoms with van der Waals surface area (Å²) in [6.45, 7) is 6.85. The standard InChI is InChI=1S/C12H19O2/c1-11(2)5-4-6-12(3)7-9-14-10-8-13/h5,7H,4,6,9-10H2,1-3H3/b12-7+. The van der Waals surface area contributed by atoms with Crippen molar-refractivity contribution in [1.82, 2.24) is 0 Å². The summed E-state index contributed by atoms with van der Waals surface area (Å²) in [6, 6.07) is 0. The van der Waals surface area contributed by atoms with Crippen LogP contribution in [0.25, 0.3) is 0 Å². The van der Waals surface area contributed by atoms with Crippen molar-refractivity contribution < 1.29 is 9.53 Å². The normalized spacial score (nSPS) is 11.2. The summed E-state index contributed by atoms with van der Waals surface area (Å²) in [5.74, 6) is 0. The van der Waals surface area contributed by atoms with Gasteiger partial charge in [-0.3, -0.25) is 4.79 Å². The predicted octanol–water partition coefficient (Wildman–Crippen LogP) is 2.81. The van der Waals surface area contributed by atoms with Crippen LogP contribution in [0.4, 0.5) is 0 Å². The van der Waals surface area contributed by atoms with Crippen molar-refractivity contribution in [3.63, 3.8) is 0 Å². The molecule has 0 fully saturated rings. The molecule has 0 bridgehead atoms. The SMILES string of the molecule is CC(C)=CCC/C(C)=C/COC[C]=O. The molecular formula is C12H19O2. The van der Waals surface area contributed by atoms with Gasteiger partial charge in [0.15, 0.2) is 0 Å². The summed E-state index contributed by atoms with van der Waals surface area (Å²) >= 11 is 0. The summed E-state index contributed by atoms with van der Waals surface area (Å²) in [5, 5.41) is 0. The fourth-order valence-electron chi connectivity index (χ4n) is 0.992. The van der Waals surface area contributed by atoms with Crippen LogP contribution in [0, 0.1) is 0 Å². The minimum absolute atomic E-state index is 0.0672. The van der Waals surface area contributed by atoms with Crippen LogP contribution in [-0.2, 0) is 9.53 Å². The van der Waals surface area contributed by atoms with Crippen molar-refractivity contribution in [2.24, 2.45) is 0 Å². The molecule has 79 valence electrons. The number of ether oxygens (including phenoxy) is 1. The molecule has 2 heteroatoms. The Morgan fingerprint density at radius 2 is 2.00 bits per heavy atom. The van der Waals surface area contributed by atoms with Gasteiger partial charge in [0.2, 0.25) is 6.29 Å². The molecule has 0 aromatic rings. The number of carbonyl (C=O) groups excluding carboxylic acids is 1. The van der Waals surface area contributed by atoms with Crippen molar-refractivity contribution >= 4 is 6.29 Å². The van der Waals surface area contributed by atoms with E-state index in [1.807, 2.05) is 6.08 Å². The van der Waals surface area contributed by atoms with E-state index >= 15 is 0 Å². The number of allylic oxidation sites excluding steroid dienone is 3. The maximum atomic E-state index is 9.82. The van der Waals surface area contributed by atoms with Crippen LogP contribution in [0.5, 0.6) is 0 Å². The lowest BCUT2D eigenvalue weighted by atomic mass is 10.1. The molecular weight excluding hydrogens is 176 g/mol. The van der Waals surface area contributed by atoms with Gasteiger partial charge in [-0.15, -0.1) is 0 Å². The Bertz CT molecular complexity index is 210. The Kier molecular flexibility index (Phi) is 8.14. The monoisotopic (exact) mass is 195 g/mol. The van der Waals surface area contributed by atoms with Crippen LogP contribution in [0.2, 0.25) is 0 Å². The molecule has 0 rings (SSSR count). The Morgan fingerprint density at radius 3 is 2.57 bits per heavy atom. The van der Waals surface area contributed by atoms with Gasteiger partial charge < -0.3 is 4.74 Å². The fraction of sp³-hybridized carbons (Fsp3) is 0.583. The molecule has 2 nitrogen and oxygen atoms in total. The zero-order valence-electron chi connectivity index (χ0n) is 9.30.